The molecule has 0 bridgehead atoms. The van der Waals surface area contributed by atoms with Crippen molar-refractivity contribution in [3.63, 3.8) is 0 Å². The number of rotatable bonds is 7. The number of hydrogen-bond acceptors (Lipinski definition) is 4. The number of ether oxygens (including phenoxy) is 2. The first-order valence-corrected chi connectivity index (χ1v) is 9.17. The highest BCUT2D eigenvalue weighted by molar-refractivity contribution is 6.50. The van der Waals surface area contributed by atoms with Crippen LogP contribution in [0.25, 0.3) is 22.0 Å². The minimum absolute atomic E-state index is 0.222. The van der Waals surface area contributed by atoms with Crippen LogP contribution in [-0.2, 0) is 0 Å². The minimum atomic E-state index is -0.222. The zero-order valence-corrected chi connectivity index (χ0v) is 16.0. The fourth-order valence-corrected chi connectivity index (χ4v) is 2.85. The third-order valence-corrected chi connectivity index (χ3v) is 4.36. The van der Waals surface area contributed by atoms with Gasteiger partial charge >= 0.3 is 0 Å². The summed E-state index contributed by atoms with van der Waals surface area (Å²) >= 11 is 6.42. The fraction of sp³-hybridized carbons (Fsp3) is 0.238. The summed E-state index contributed by atoms with van der Waals surface area (Å²) in [7, 11) is 1.61. The number of aromatic nitrogens is 2. The lowest BCUT2D eigenvalue weighted by Gasteiger charge is -2.11. The van der Waals surface area contributed by atoms with Crippen LogP contribution >= 0.6 is 11.6 Å². The molecule has 1 aromatic heterocycles. The van der Waals surface area contributed by atoms with Crippen LogP contribution in [0.5, 0.6) is 11.5 Å². The van der Waals surface area contributed by atoms with E-state index in [1.165, 1.54) is 0 Å². The molecule has 0 saturated heterocycles. The van der Waals surface area contributed by atoms with Crippen LogP contribution in [0.2, 0.25) is 0 Å². The molecule has 3 rings (SSSR count). The highest BCUT2D eigenvalue weighted by Gasteiger charge is 2.09. The Balaban J connectivity index is 1.93. The van der Waals surface area contributed by atoms with Gasteiger partial charge in [-0.1, -0.05) is 43.1 Å². The van der Waals surface area contributed by atoms with Gasteiger partial charge in [0.05, 0.1) is 29.7 Å². The molecule has 0 aliphatic heterocycles. The molecule has 0 aliphatic carbocycles. The van der Waals surface area contributed by atoms with Crippen molar-refractivity contribution >= 4 is 33.6 Å². The molecule has 3 aromatic rings. The zero-order chi connectivity index (χ0) is 19.2. The maximum Gasteiger partial charge on any atom is 0.259 e. The summed E-state index contributed by atoms with van der Waals surface area (Å²) in [6, 6.07) is 12.7. The summed E-state index contributed by atoms with van der Waals surface area (Å²) in [5.74, 6) is 1.64. The van der Waals surface area contributed by atoms with Crippen LogP contribution in [-0.4, -0.2) is 23.7 Å². The summed E-state index contributed by atoms with van der Waals surface area (Å²) in [5, 5.41) is 0.865. The number of hydrogen-bond donors (Lipinski definition) is 1. The van der Waals surface area contributed by atoms with Crippen LogP contribution in [0.1, 0.15) is 31.2 Å². The molecular formula is C21H21ClN2O3. The molecular weight excluding hydrogens is 364 g/mol. The van der Waals surface area contributed by atoms with E-state index in [9.17, 15) is 4.79 Å². The first kappa shape index (κ1) is 19.0. The fourth-order valence-electron chi connectivity index (χ4n) is 2.64. The van der Waals surface area contributed by atoms with Gasteiger partial charge in [-0.25, -0.2) is 4.98 Å². The van der Waals surface area contributed by atoms with Crippen molar-refractivity contribution in [2.75, 3.05) is 13.7 Å². The Morgan fingerprint density at radius 2 is 2.04 bits per heavy atom. The number of unbranched alkanes of at least 4 members (excludes halogenated alkanes) is 1. The quantitative estimate of drug-likeness (QED) is 0.591. The molecule has 6 heteroatoms. The molecule has 0 radical (unpaired) electrons. The highest BCUT2D eigenvalue weighted by atomic mass is 35.5. The summed E-state index contributed by atoms with van der Waals surface area (Å²) in [6.07, 6.45) is 3.75. The van der Waals surface area contributed by atoms with Crippen LogP contribution in [0.3, 0.4) is 0 Å². The molecule has 0 amide bonds. The molecule has 1 heterocycles. The first-order chi connectivity index (χ1) is 13.1. The molecule has 140 valence electrons. The van der Waals surface area contributed by atoms with Gasteiger partial charge in [0, 0.05) is 0 Å². The van der Waals surface area contributed by atoms with E-state index in [1.54, 1.807) is 31.4 Å². The van der Waals surface area contributed by atoms with Crippen molar-refractivity contribution in [1.29, 1.82) is 0 Å². The summed E-state index contributed by atoms with van der Waals surface area (Å²) in [5.41, 5.74) is 1.20. The van der Waals surface area contributed by atoms with Crippen molar-refractivity contribution < 1.29 is 9.47 Å². The van der Waals surface area contributed by atoms with Gasteiger partial charge in [-0.05, 0) is 42.3 Å². The number of fused-ring (bicyclic) bond motifs is 1. The van der Waals surface area contributed by atoms with E-state index in [1.807, 2.05) is 24.3 Å². The maximum atomic E-state index is 12.2. The van der Waals surface area contributed by atoms with Crippen molar-refractivity contribution in [2.45, 2.75) is 19.8 Å². The van der Waals surface area contributed by atoms with Gasteiger partial charge in [-0.3, -0.25) is 4.79 Å². The standard InChI is InChI=1S/C21H21ClN2O3/c1-3-4-11-27-19-13-14(9-10-18(19)26-2)12-16(22)20-23-17-8-6-5-7-15(17)21(25)24-20/h5-10,12-13H,3-4,11H2,1-2H3,(H,23,24,25)/b16-12-. The second-order valence-electron chi connectivity index (χ2n) is 6.04. The molecule has 0 spiro atoms. The molecule has 0 unspecified atom stereocenters. The molecule has 0 fully saturated rings. The third kappa shape index (κ3) is 4.49. The Kier molecular flexibility index (Phi) is 6.14. The highest BCUT2D eigenvalue weighted by Crippen LogP contribution is 2.30. The summed E-state index contributed by atoms with van der Waals surface area (Å²) in [6.45, 7) is 2.73. The van der Waals surface area contributed by atoms with Gasteiger partial charge in [0.2, 0.25) is 0 Å². The smallest absolute Gasteiger partial charge is 0.259 e. The van der Waals surface area contributed by atoms with Gasteiger partial charge in [0.1, 0.15) is 0 Å². The number of benzene rings is 2. The van der Waals surface area contributed by atoms with E-state index >= 15 is 0 Å². The monoisotopic (exact) mass is 384 g/mol. The zero-order valence-electron chi connectivity index (χ0n) is 15.3. The predicted molar refractivity (Wildman–Crippen MR) is 109 cm³/mol. The molecule has 5 nitrogen and oxygen atoms in total. The largest absolute Gasteiger partial charge is 0.493 e. The Morgan fingerprint density at radius 3 is 2.81 bits per heavy atom. The summed E-state index contributed by atoms with van der Waals surface area (Å²) < 4.78 is 11.1. The second-order valence-corrected chi connectivity index (χ2v) is 6.44. The Labute approximate surface area is 162 Å². The number of para-hydroxylation sites is 1. The van der Waals surface area contributed by atoms with Crippen LogP contribution < -0.4 is 15.0 Å². The van der Waals surface area contributed by atoms with Gasteiger partial charge < -0.3 is 14.5 Å². The normalized spacial score (nSPS) is 11.6. The second kappa shape index (κ2) is 8.73. The average Bonchev–Trinajstić information content (AvgIpc) is 2.68. The lowest BCUT2D eigenvalue weighted by Crippen LogP contribution is -2.10. The third-order valence-electron chi connectivity index (χ3n) is 4.08. The number of nitrogens with zero attached hydrogens (tertiary/aromatic N) is 1. The number of aromatic amines is 1. The lowest BCUT2D eigenvalue weighted by molar-refractivity contribution is 0.288. The van der Waals surface area contributed by atoms with Crippen LogP contribution in [0.15, 0.2) is 47.3 Å². The predicted octanol–water partition coefficient (Wildman–Crippen LogP) is 4.85. The first-order valence-electron chi connectivity index (χ1n) is 8.80. The molecule has 0 atom stereocenters. The van der Waals surface area contributed by atoms with E-state index in [0.717, 1.165) is 18.4 Å². The molecule has 1 N–H and O–H groups in total. The number of H-pyrrole nitrogens is 1. The summed E-state index contributed by atoms with van der Waals surface area (Å²) in [4.78, 5) is 19.4. The molecule has 0 aliphatic rings. The Bertz CT molecular complexity index is 1030. The average molecular weight is 385 g/mol. The SMILES string of the molecule is CCCCOc1cc(/C=C(\Cl)c2nc3ccccc3c(=O)[nH]2)ccc1OC. The van der Waals surface area contributed by atoms with E-state index in [-0.39, 0.29) is 5.56 Å². The topological polar surface area (TPSA) is 64.2 Å². The van der Waals surface area contributed by atoms with E-state index < -0.39 is 0 Å². The van der Waals surface area contributed by atoms with Crippen molar-refractivity contribution in [3.8, 4) is 11.5 Å². The van der Waals surface area contributed by atoms with Gasteiger partial charge in [-0.2, -0.15) is 0 Å². The van der Waals surface area contributed by atoms with Gasteiger partial charge in [0.15, 0.2) is 17.3 Å². The van der Waals surface area contributed by atoms with Crippen molar-refractivity contribution in [2.24, 2.45) is 0 Å². The van der Waals surface area contributed by atoms with E-state index in [4.69, 9.17) is 21.1 Å². The van der Waals surface area contributed by atoms with Gasteiger partial charge in [-0.15, -0.1) is 0 Å². The van der Waals surface area contributed by atoms with E-state index in [0.29, 0.717) is 39.9 Å². The number of nitrogens with one attached hydrogen (secondary N) is 1. The van der Waals surface area contributed by atoms with Gasteiger partial charge in [0.25, 0.3) is 5.56 Å². The Morgan fingerprint density at radius 1 is 1.22 bits per heavy atom. The molecule has 0 saturated carbocycles. The maximum absolute atomic E-state index is 12.2. The van der Waals surface area contributed by atoms with Crippen LogP contribution in [0, 0.1) is 0 Å². The number of methoxy groups -OCH3 is 1. The molecule has 27 heavy (non-hydrogen) atoms. The van der Waals surface area contributed by atoms with Crippen molar-refractivity contribution in [3.05, 3.63) is 64.2 Å². The lowest BCUT2D eigenvalue weighted by atomic mass is 10.1. The van der Waals surface area contributed by atoms with Crippen LogP contribution in [0.4, 0.5) is 0 Å². The minimum Gasteiger partial charge on any atom is -0.493 e. The van der Waals surface area contributed by atoms with E-state index in [2.05, 4.69) is 16.9 Å². The number of halogens is 1. The Hall–Kier alpha value is -2.79. The molecule has 2 aromatic carbocycles. The van der Waals surface area contributed by atoms with Crippen molar-refractivity contribution in [1.82, 2.24) is 9.97 Å².